The standard InChI is InChI=1S/C22H24N4/c1-2-6-18-15-19(8-7-17(18)5-1)21-9-11-23-22(24-21)26-14-10-20(16-26)25-12-3-4-13-25/h1-2,5-9,11,15,20H,3-4,10,12-14,16H2. The van der Waals surface area contributed by atoms with Gasteiger partial charge < -0.3 is 4.90 Å². The van der Waals surface area contributed by atoms with E-state index >= 15 is 0 Å². The van der Waals surface area contributed by atoms with E-state index in [4.69, 9.17) is 4.98 Å². The molecule has 3 aromatic rings. The summed E-state index contributed by atoms with van der Waals surface area (Å²) in [6.07, 6.45) is 5.83. The van der Waals surface area contributed by atoms with Crippen LogP contribution in [0.4, 0.5) is 5.95 Å². The first kappa shape index (κ1) is 15.8. The molecule has 2 saturated heterocycles. The van der Waals surface area contributed by atoms with Gasteiger partial charge in [-0.25, -0.2) is 9.97 Å². The van der Waals surface area contributed by atoms with Gasteiger partial charge in [0.25, 0.3) is 0 Å². The number of likely N-dealkylation sites (tertiary alicyclic amines) is 1. The molecule has 2 aliphatic heterocycles. The van der Waals surface area contributed by atoms with E-state index in [2.05, 4.69) is 57.2 Å². The van der Waals surface area contributed by atoms with Crippen molar-refractivity contribution in [1.82, 2.24) is 14.9 Å². The first-order valence-corrected chi connectivity index (χ1v) is 9.68. The van der Waals surface area contributed by atoms with Crippen molar-refractivity contribution in [3.05, 3.63) is 54.7 Å². The number of fused-ring (bicyclic) bond motifs is 1. The van der Waals surface area contributed by atoms with Crippen LogP contribution in [-0.4, -0.2) is 47.1 Å². The summed E-state index contributed by atoms with van der Waals surface area (Å²) in [5, 5.41) is 2.51. The molecule has 0 radical (unpaired) electrons. The van der Waals surface area contributed by atoms with E-state index < -0.39 is 0 Å². The summed E-state index contributed by atoms with van der Waals surface area (Å²) in [6.45, 7) is 4.64. The summed E-state index contributed by atoms with van der Waals surface area (Å²) in [5.41, 5.74) is 2.16. The summed E-state index contributed by atoms with van der Waals surface area (Å²) in [6, 6.07) is 17.7. The SMILES string of the molecule is c1ccc2cc(-c3ccnc(N4CCC(N5CCCC5)C4)n3)ccc2c1. The molecule has 0 N–H and O–H groups in total. The van der Waals surface area contributed by atoms with E-state index in [0.717, 1.165) is 30.3 Å². The second-order valence-corrected chi connectivity index (χ2v) is 7.44. The molecule has 1 atom stereocenters. The van der Waals surface area contributed by atoms with Crippen LogP contribution in [0.3, 0.4) is 0 Å². The van der Waals surface area contributed by atoms with E-state index in [9.17, 15) is 0 Å². The molecule has 4 heteroatoms. The molecule has 26 heavy (non-hydrogen) atoms. The van der Waals surface area contributed by atoms with Gasteiger partial charge in [0.1, 0.15) is 0 Å². The highest BCUT2D eigenvalue weighted by atomic mass is 15.3. The van der Waals surface area contributed by atoms with E-state index in [0.29, 0.717) is 6.04 Å². The number of anilines is 1. The zero-order valence-corrected chi connectivity index (χ0v) is 15.0. The van der Waals surface area contributed by atoms with Crippen molar-refractivity contribution in [2.75, 3.05) is 31.1 Å². The Balaban J connectivity index is 1.40. The van der Waals surface area contributed by atoms with E-state index in [1.807, 2.05) is 12.3 Å². The lowest BCUT2D eigenvalue weighted by Crippen LogP contribution is -2.35. The molecule has 5 rings (SSSR count). The Kier molecular flexibility index (Phi) is 4.06. The molecule has 132 valence electrons. The molecule has 0 saturated carbocycles. The lowest BCUT2D eigenvalue weighted by molar-refractivity contribution is 0.260. The zero-order chi connectivity index (χ0) is 17.3. The molecule has 1 unspecified atom stereocenters. The second kappa shape index (κ2) is 6.69. The van der Waals surface area contributed by atoms with Crippen LogP contribution in [-0.2, 0) is 0 Å². The maximum atomic E-state index is 4.89. The third-order valence-electron chi connectivity index (χ3n) is 5.79. The van der Waals surface area contributed by atoms with Gasteiger partial charge in [0.05, 0.1) is 5.69 Å². The minimum atomic E-state index is 0.672. The Morgan fingerprint density at radius 2 is 1.73 bits per heavy atom. The van der Waals surface area contributed by atoms with Gasteiger partial charge in [-0.1, -0.05) is 36.4 Å². The first-order valence-electron chi connectivity index (χ1n) is 9.68. The molecule has 0 aliphatic carbocycles. The average molecular weight is 344 g/mol. The Morgan fingerprint density at radius 1 is 0.885 bits per heavy atom. The molecular formula is C22H24N4. The maximum absolute atomic E-state index is 4.89. The predicted molar refractivity (Wildman–Crippen MR) is 106 cm³/mol. The molecule has 0 amide bonds. The Hall–Kier alpha value is -2.46. The van der Waals surface area contributed by atoms with E-state index in [1.165, 1.54) is 43.1 Å². The summed E-state index contributed by atoms with van der Waals surface area (Å²) in [5.74, 6) is 0.873. The van der Waals surface area contributed by atoms with Crippen molar-refractivity contribution in [3.8, 4) is 11.3 Å². The predicted octanol–water partition coefficient (Wildman–Crippen LogP) is 3.97. The smallest absolute Gasteiger partial charge is 0.225 e. The van der Waals surface area contributed by atoms with Crippen LogP contribution in [0, 0.1) is 0 Å². The summed E-state index contributed by atoms with van der Waals surface area (Å²) < 4.78 is 0. The van der Waals surface area contributed by atoms with Gasteiger partial charge in [0.2, 0.25) is 5.95 Å². The van der Waals surface area contributed by atoms with Crippen LogP contribution >= 0.6 is 0 Å². The van der Waals surface area contributed by atoms with Gasteiger partial charge >= 0.3 is 0 Å². The minimum Gasteiger partial charge on any atom is -0.339 e. The van der Waals surface area contributed by atoms with E-state index in [-0.39, 0.29) is 0 Å². The fourth-order valence-electron chi connectivity index (χ4n) is 4.34. The van der Waals surface area contributed by atoms with E-state index in [1.54, 1.807) is 0 Å². The normalized spacial score (nSPS) is 20.9. The summed E-state index contributed by atoms with van der Waals surface area (Å²) >= 11 is 0. The number of nitrogens with zero attached hydrogens (tertiary/aromatic N) is 4. The Labute approximate surface area is 154 Å². The van der Waals surface area contributed by atoms with Crippen molar-refractivity contribution < 1.29 is 0 Å². The van der Waals surface area contributed by atoms with Crippen LogP contribution in [0.25, 0.3) is 22.0 Å². The number of rotatable bonds is 3. The Bertz CT molecular complexity index is 917. The molecular weight excluding hydrogens is 320 g/mol. The van der Waals surface area contributed by atoms with Gasteiger partial charge in [-0.2, -0.15) is 0 Å². The van der Waals surface area contributed by atoms with Gasteiger partial charge in [0, 0.05) is 30.9 Å². The van der Waals surface area contributed by atoms with Crippen LogP contribution in [0.1, 0.15) is 19.3 Å². The van der Waals surface area contributed by atoms with Crippen LogP contribution in [0.5, 0.6) is 0 Å². The Morgan fingerprint density at radius 3 is 2.62 bits per heavy atom. The third kappa shape index (κ3) is 2.95. The fourth-order valence-corrected chi connectivity index (χ4v) is 4.34. The van der Waals surface area contributed by atoms with Gasteiger partial charge in [-0.05, 0) is 55.3 Å². The lowest BCUT2D eigenvalue weighted by Gasteiger charge is -2.23. The topological polar surface area (TPSA) is 32.3 Å². The third-order valence-corrected chi connectivity index (χ3v) is 5.79. The maximum Gasteiger partial charge on any atom is 0.225 e. The highest BCUT2D eigenvalue weighted by molar-refractivity contribution is 5.86. The van der Waals surface area contributed by atoms with Crippen LogP contribution in [0.15, 0.2) is 54.7 Å². The molecule has 0 bridgehead atoms. The lowest BCUT2D eigenvalue weighted by atomic mass is 10.1. The van der Waals surface area contributed by atoms with Crippen molar-refractivity contribution in [3.63, 3.8) is 0 Å². The largest absolute Gasteiger partial charge is 0.339 e. The average Bonchev–Trinajstić information content (AvgIpc) is 3.39. The van der Waals surface area contributed by atoms with Crippen molar-refractivity contribution in [1.29, 1.82) is 0 Å². The highest BCUT2D eigenvalue weighted by Gasteiger charge is 2.30. The molecule has 4 nitrogen and oxygen atoms in total. The number of benzene rings is 2. The zero-order valence-electron chi connectivity index (χ0n) is 15.0. The van der Waals surface area contributed by atoms with Gasteiger partial charge in [0.15, 0.2) is 0 Å². The van der Waals surface area contributed by atoms with Crippen LogP contribution < -0.4 is 4.90 Å². The van der Waals surface area contributed by atoms with Gasteiger partial charge in [-0.3, -0.25) is 4.90 Å². The minimum absolute atomic E-state index is 0.672. The molecule has 2 aromatic carbocycles. The summed E-state index contributed by atoms with van der Waals surface area (Å²) in [4.78, 5) is 14.5. The van der Waals surface area contributed by atoms with Crippen LogP contribution in [0.2, 0.25) is 0 Å². The van der Waals surface area contributed by atoms with Crippen molar-refractivity contribution in [2.24, 2.45) is 0 Å². The molecule has 2 fully saturated rings. The van der Waals surface area contributed by atoms with Crippen molar-refractivity contribution in [2.45, 2.75) is 25.3 Å². The van der Waals surface area contributed by atoms with Crippen molar-refractivity contribution >= 4 is 16.7 Å². The first-order chi connectivity index (χ1) is 12.9. The number of aromatic nitrogens is 2. The molecule has 3 heterocycles. The van der Waals surface area contributed by atoms with Gasteiger partial charge in [-0.15, -0.1) is 0 Å². The number of hydrogen-bond acceptors (Lipinski definition) is 4. The summed E-state index contributed by atoms with van der Waals surface area (Å²) in [7, 11) is 0. The monoisotopic (exact) mass is 344 g/mol. The molecule has 1 aromatic heterocycles. The highest BCUT2D eigenvalue weighted by Crippen LogP contribution is 2.26. The number of hydrogen-bond donors (Lipinski definition) is 0. The quantitative estimate of drug-likeness (QED) is 0.720. The molecule has 2 aliphatic rings. The fraction of sp³-hybridized carbons (Fsp3) is 0.364. The second-order valence-electron chi connectivity index (χ2n) is 7.44. The molecule has 0 spiro atoms.